The largest absolute Gasteiger partial charge is 0.248 e. The smallest absolute Gasteiger partial charge is 0.0712 e. The Morgan fingerprint density at radius 3 is 2.52 bits per heavy atom. The number of para-hydroxylation sites is 1. The van der Waals surface area contributed by atoms with Crippen LogP contribution in [0, 0.1) is 11.8 Å². The fourth-order valence-electron chi connectivity index (χ4n) is 4.90. The van der Waals surface area contributed by atoms with E-state index in [1.807, 2.05) is 0 Å². The SMILES string of the molecule is c1ccc(C2CC3CCC2C3)c(-c2ccc3ccccc3n2)c1. The van der Waals surface area contributed by atoms with Crippen LogP contribution < -0.4 is 0 Å². The molecule has 1 heteroatoms. The molecule has 2 aliphatic carbocycles. The molecule has 0 amide bonds. The Morgan fingerprint density at radius 1 is 0.783 bits per heavy atom. The third-order valence-electron chi connectivity index (χ3n) is 5.97. The van der Waals surface area contributed by atoms with Crippen molar-refractivity contribution in [2.45, 2.75) is 31.6 Å². The van der Waals surface area contributed by atoms with Crippen LogP contribution in [-0.2, 0) is 0 Å². The summed E-state index contributed by atoms with van der Waals surface area (Å²) in [6, 6.07) is 21.7. The van der Waals surface area contributed by atoms with Gasteiger partial charge in [-0.05, 0) is 54.7 Å². The monoisotopic (exact) mass is 299 g/mol. The molecular weight excluding hydrogens is 278 g/mol. The number of hydrogen-bond acceptors (Lipinski definition) is 1. The second-order valence-electron chi connectivity index (χ2n) is 7.26. The lowest BCUT2D eigenvalue weighted by atomic mass is 9.81. The molecule has 1 aromatic heterocycles. The van der Waals surface area contributed by atoms with Crippen molar-refractivity contribution in [2.75, 3.05) is 0 Å². The van der Waals surface area contributed by atoms with Gasteiger partial charge in [-0.15, -0.1) is 0 Å². The fraction of sp³-hybridized carbons (Fsp3) is 0.318. The van der Waals surface area contributed by atoms with Crippen molar-refractivity contribution in [2.24, 2.45) is 11.8 Å². The molecular formula is C22H21N. The molecule has 1 heterocycles. The van der Waals surface area contributed by atoms with E-state index in [9.17, 15) is 0 Å². The number of aromatic nitrogens is 1. The highest BCUT2D eigenvalue weighted by molar-refractivity contribution is 5.82. The van der Waals surface area contributed by atoms with E-state index in [0.717, 1.165) is 29.0 Å². The summed E-state index contributed by atoms with van der Waals surface area (Å²) in [6.07, 6.45) is 5.71. The third kappa shape index (κ3) is 2.18. The van der Waals surface area contributed by atoms with E-state index in [1.54, 1.807) is 0 Å². The van der Waals surface area contributed by atoms with Gasteiger partial charge in [0.15, 0.2) is 0 Å². The average Bonchev–Trinajstić information content (AvgIpc) is 3.25. The van der Waals surface area contributed by atoms with Crippen molar-refractivity contribution >= 4 is 10.9 Å². The number of hydrogen-bond donors (Lipinski definition) is 0. The summed E-state index contributed by atoms with van der Waals surface area (Å²) in [5.41, 5.74) is 5.09. The van der Waals surface area contributed by atoms with Crippen molar-refractivity contribution in [3.63, 3.8) is 0 Å². The minimum absolute atomic E-state index is 0.748. The van der Waals surface area contributed by atoms with Crippen molar-refractivity contribution in [3.05, 3.63) is 66.2 Å². The lowest BCUT2D eigenvalue weighted by molar-refractivity contribution is 0.420. The highest BCUT2D eigenvalue weighted by Gasteiger charge is 2.40. The van der Waals surface area contributed by atoms with Gasteiger partial charge in [-0.3, -0.25) is 0 Å². The molecule has 2 saturated carbocycles. The second-order valence-corrected chi connectivity index (χ2v) is 7.26. The Bertz CT molecular complexity index is 866. The fourth-order valence-corrected chi connectivity index (χ4v) is 4.90. The maximum absolute atomic E-state index is 4.94. The number of rotatable bonds is 2. The predicted molar refractivity (Wildman–Crippen MR) is 95.4 cm³/mol. The van der Waals surface area contributed by atoms with Crippen LogP contribution in [0.15, 0.2) is 60.7 Å². The lowest BCUT2D eigenvalue weighted by Crippen LogP contribution is -2.09. The Morgan fingerprint density at radius 2 is 1.65 bits per heavy atom. The lowest BCUT2D eigenvalue weighted by Gasteiger charge is -2.24. The predicted octanol–water partition coefficient (Wildman–Crippen LogP) is 5.81. The molecule has 1 nitrogen and oxygen atoms in total. The van der Waals surface area contributed by atoms with Crippen molar-refractivity contribution in [1.82, 2.24) is 4.98 Å². The minimum atomic E-state index is 0.748. The van der Waals surface area contributed by atoms with Crippen LogP contribution in [0.5, 0.6) is 0 Å². The summed E-state index contributed by atoms with van der Waals surface area (Å²) in [5, 5.41) is 1.22. The summed E-state index contributed by atoms with van der Waals surface area (Å²) >= 11 is 0. The van der Waals surface area contributed by atoms with Gasteiger partial charge in [0, 0.05) is 10.9 Å². The Kier molecular flexibility index (Phi) is 3.00. The van der Waals surface area contributed by atoms with E-state index in [0.29, 0.717) is 0 Å². The minimum Gasteiger partial charge on any atom is -0.248 e. The van der Waals surface area contributed by atoms with Crippen LogP contribution in [0.4, 0.5) is 0 Å². The normalized spacial score (nSPS) is 26.0. The van der Waals surface area contributed by atoms with Crippen LogP contribution in [0.1, 0.15) is 37.2 Å². The van der Waals surface area contributed by atoms with Gasteiger partial charge in [0.1, 0.15) is 0 Å². The number of benzene rings is 2. The number of pyridine rings is 1. The van der Waals surface area contributed by atoms with E-state index in [-0.39, 0.29) is 0 Å². The first-order valence-electron chi connectivity index (χ1n) is 8.83. The highest BCUT2D eigenvalue weighted by atomic mass is 14.7. The molecule has 0 aliphatic heterocycles. The Balaban J connectivity index is 1.62. The zero-order valence-corrected chi connectivity index (χ0v) is 13.3. The molecule has 0 saturated heterocycles. The third-order valence-corrected chi connectivity index (χ3v) is 5.97. The second kappa shape index (κ2) is 5.19. The molecule has 0 N–H and O–H groups in total. The van der Waals surface area contributed by atoms with Crippen molar-refractivity contribution < 1.29 is 0 Å². The number of nitrogens with zero attached hydrogens (tertiary/aromatic N) is 1. The first-order chi connectivity index (χ1) is 11.4. The zero-order chi connectivity index (χ0) is 15.2. The molecule has 2 fully saturated rings. The molecule has 3 atom stereocenters. The zero-order valence-electron chi connectivity index (χ0n) is 13.3. The molecule has 3 unspecified atom stereocenters. The van der Waals surface area contributed by atoms with E-state index in [2.05, 4.69) is 60.7 Å². The summed E-state index contributed by atoms with van der Waals surface area (Å²) in [7, 11) is 0. The van der Waals surface area contributed by atoms with Gasteiger partial charge in [0.25, 0.3) is 0 Å². The van der Waals surface area contributed by atoms with Gasteiger partial charge in [0.05, 0.1) is 11.2 Å². The van der Waals surface area contributed by atoms with Crippen molar-refractivity contribution in [1.29, 1.82) is 0 Å². The van der Waals surface area contributed by atoms with Crippen LogP contribution in [0.3, 0.4) is 0 Å². The van der Waals surface area contributed by atoms with Gasteiger partial charge >= 0.3 is 0 Å². The van der Waals surface area contributed by atoms with Crippen LogP contribution in [-0.4, -0.2) is 4.98 Å². The molecule has 3 aromatic rings. The van der Waals surface area contributed by atoms with Crippen LogP contribution in [0.2, 0.25) is 0 Å². The van der Waals surface area contributed by atoms with Gasteiger partial charge in [-0.1, -0.05) is 55.0 Å². The first kappa shape index (κ1) is 13.3. The average molecular weight is 299 g/mol. The summed E-state index contributed by atoms with van der Waals surface area (Å²) < 4.78 is 0. The molecule has 23 heavy (non-hydrogen) atoms. The maximum atomic E-state index is 4.94. The summed E-state index contributed by atoms with van der Waals surface area (Å²) in [4.78, 5) is 4.94. The van der Waals surface area contributed by atoms with E-state index in [1.165, 1.54) is 42.2 Å². The highest BCUT2D eigenvalue weighted by Crippen LogP contribution is 2.54. The Labute approximate surface area is 137 Å². The molecule has 5 rings (SSSR count). The molecule has 0 radical (unpaired) electrons. The summed E-state index contributed by atoms with van der Waals surface area (Å²) in [5.74, 6) is 2.63. The summed E-state index contributed by atoms with van der Waals surface area (Å²) in [6.45, 7) is 0. The quantitative estimate of drug-likeness (QED) is 0.582. The van der Waals surface area contributed by atoms with Gasteiger partial charge in [-0.25, -0.2) is 4.98 Å². The van der Waals surface area contributed by atoms with E-state index in [4.69, 9.17) is 4.98 Å². The molecule has 0 spiro atoms. The topological polar surface area (TPSA) is 12.9 Å². The maximum Gasteiger partial charge on any atom is 0.0712 e. The van der Waals surface area contributed by atoms with E-state index >= 15 is 0 Å². The Hall–Kier alpha value is -2.15. The molecule has 114 valence electrons. The van der Waals surface area contributed by atoms with Crippen molar-refractivity contribution in [3.8, 4) is 11.3 Å². The molecule has 2 aliphatic rings. The van der Waals surface area contributed by atoms with Crippen LogP contribution in [0.25, 0.3) is 22.2 Å². The van der Waals surface area contributed by atoms with E-state index < -0.39 is 0 Å². The van der Waals surface area contributed by atoms with Crippen LogP contribution >= 0.6 is 0 Å². The van der Waals surface area contributed by atoms with Gasteiger partial charge in [0.2, 0.25) is 0 Å². The first-order valence-corrected chi connectivity index (χ1v) is 8.83. The standard InChI is InChI=1S/C22H21N/c1-4-8-21-16(5-1)11-12-22(23-21)19-7-3-2-6-18(19)20-14-15-9-10-17(20)13-15/h1-8,11-12,15,17,20H,9-10,13-14H2. The number of fused-ring (bicyclic) bond motifs is 3. The van der Waals surface area contributed by atoms with Gasteiger partial charge in [-0.2, -0.15) is 0 Å². The molecule has 2 aromatic carbocycles. The molecule has 2 bridgehead atoms. The van der Waals surface area contributed by atoms with Gasteiger partial charge < -0.3 is 0 Å².